The number of halogens is 1. The van der Waals surface area contributed by atoms with Crippen LogP contribution >= 0.6 is 0 Å². The molecule has 6 heteroatoms. The number of pyridine rings is 1. The number of hydrogen-bond donors (Lipinski definition) is 1. The molecule has 0 spiro atoms. The summed E-state index contributed by atoms with van der Waals surface area (Å²) in [7, 11) is 0. The number of rotatable bonds is 7. The van der Waals surface area contributed by atoms with Crippen LogP contribution in [-0.2, 0) is 6.42 Å². The van der Waals surface area contributed by atoms with Gasteiger partial charge in [-0.1, -0.05) is 31.9 Å². The van der Waals surface area contributed by atoms with Gasteiger partial charge in [-0.15, -0.1) is 0 Å². The molecule has 2 heterocycles. The molecule has 2 aromatic heterocycles. The SMILES string of the molecule is CCCC(C[C@H]1CCC2=Cc3c(cnn3-c3ccc(F)cc3)C[C@@]21C)NC(=O)c1ccccn1. The third-order valence-corrected chi connectivity index (χ3v) is 7.66. The lowest BCUT2D eigenvalue weighted by molar-refractivity contribution is 0.0915. The highest BCUT2D eigenvalue weighted by atomic mass is 19.1. The van der Waals surface area contributed by atoms with E-state index in [4.69, 9.17) is 0 Å². The smallest absolute Gasteiger partial charge is 0.270 e. The zero-order chi connectivity index (χ0) is 23.7. The van der Waals surface area contributed by atoms with Crippen molar-refractivity contribution in [2.24, 2.45) is 11.3 Å². The molecule has 5 rings (SSSR count). The molecule has 0 aliphatic heterocycles. The summed E-state index contributed by atoms with van der Waals surface area (Å²) in [5, 5.41) is 7.89. The second-order valence-electron chi connectivity index (χ2n) is 9.85. The van der Waals surface area contributed by atoms with Crippen LogP contribution in [0.4, 0.5) is 4.39 Å². The molecule has 2 aliphatic carbocycles. The van der Waals surface area contributed by atoms with Gasteiger partial charge in [-0.25, -0.2) is 9.07 Å². The molecule has 5 nitrogen and oxygen atoms in total. The van der Waals surface area contributed by atoms with Gasteiger partial charge in [0.05, 0.1) is 17.6 Å². The number of carbonyl (C=O) groups is 1. The number of nitrogens with one attached hydrogen (secondary N) is 1. The van der Waals surface area contributed by atoms with Gasteiger partial charge in [-0.05, 0) is 91.5 Å². The Labute approximate surface area is 200 Å². The monoisotopic (exact) mass is 458 g/mol. The fourth-order valence-electron chi connectivity index (χ4n) is 5.80. The summed E-state index contributed by atoms with van der Waals surface area (Å²) in [4.78, 5) is 17.0. The van der Waals surface area contributed by atoms with Gasteiger partial charge in [0.2, 0.25) is 0 Å². The maximum absolute atomic E-state index is 13.4. The number of allylic oxidation sites excluding steroid dienone is 1. The Bertz CT molecular complexity index is 1200. The van der Waals surface area contributed by atoms with Crippen LogP contribution in [0.5, 0.6) is 0 Å². The summed E-state index contributed by atoms with van der Waals surface area (Å²) in [6.45, 7) is 4.54. The molecule has 34 heavy (non-hydrogen) atoms. The first-order valence-electron chi connectivity index (χ1n) is 12.2. The minimum Gasteiger partial charge on any atom is -0.348 e. The van der Waals surface area contributed by atoms with Crippen molar-refractivity contribution in [3.05, 3.63) is 83.2 Å². The van der Waals surface area contributed by atoms with E-state index in [1.807, 2.05) is 23.0 Å². The lowest BCUT2D eigenvalue weighted by Gasteiger charge is -2.37. The Kier molecular flexibility index (Phi) is 6.07. The van der Waals surface area contributed by atoms with E-state index in [1.165, 1.54) is 23.3 Å². The zero-order valence-electron chi connectivity index (χ0n) is 19.8. The number of aromatic nitrogens is 3. The number of carbonyl (C=O) groups excluding carboxylic acids is 1. The Morgan fingerprint density at radius 1 is 1.26 bits per heavy atom. The molecule has 1 amide bonds. The van der Waals surface area contributed by atoms with Gasteiger partial charge < -0.3 is 5.32 Å². The van der Waals surface area contributed by atoms with Gasteiger partial charge in [0.25, 0.3) is 5.91 Å². The molecule has 1 N–H and O–H groups in total. The van der Waals surface area contributed by atoms with Gasteiger partial charge >= 0.3 is 0 Å². The van der Waals surface area contributed by atoms with Gasteiger partial charge in [-0.3, -0.25) is 9.78 Å². The maximum Gasteiger partial charge on any atom is 0.270 e. The van der Waals surface area contributed by atoms with Crippen molar-refractivity contribution in [1.29, 1.82) is 0 Å². The van der Waals surface area contributed by atoms with Crippen LogP contribution in [0.25, 0.3) is 11.8 Å². The summed E-state index contributed by atoms with van der Waals surface area (Å²) in [6, 6.07) is 12.0. The van der Waals surface area contributed by atoms with Crippen LogP contribution in [0.3, 0.4) is 0 Å². The van der Waals surface area contributed by atoms with Crippen molar-refractivity contribution in [1.82, 2.24) is 20.1 Å². The highest BCUT2D eigenvalue weighted by molar-refractivity contribution is 5.92. The minimum atomic E-state index is -0.244. The molecule has 0 radical (unpaired) electrons. The highest BCUT2D eigenvalue weighted by Crippen LogP contribution is 2.54. The molecular weight excluding hydrogens is 427 g/mol. The Hall–Kier alpha value is -3.28. The van der Waals surface area contributed by atoms with Crippen LogP contribution in [0.1, 0.15) is 67.7 Å². The van der Waals surface area contributed by atoms with Crippen LogP contribution < -0.4 is 5.32 Å². The molecular formula is C28H31FN4O. The first-order valence-corrected chi connectivity index (χ1v) is 12.2. The molecule has 176 valence electrons. The standard InChI is InChI=1S/C28H31FN4O/c1-3-6-23(32-27(34)25-7-4-5-14-30-25)15-20-8-9-21-16-26-19(17-28(20,21)2)18-31-33(26)24-12-10-22(29)11-13-24/h4-5,7,10-14,16,18,20,23H,3,6,8-9,15,17H2,1-2H3,(H,32,34)/t20-,23?,28-/m1/s1. The van der Waals surface area contributed by atoms with E-state index < -0.39 is 0 Å². The molecule has 2 aliphatic rings. The topological polar surface area (TPSA) is 59.8 Å². The van der Waals surface area contributed by atoms with Crippen LogP contribution in [0.2, 0.25) is 0 Å². The lowest BCUT2D eigenvalue weighted by atomic mass is 9.68. The first-order chi connectivity index (χ1) is 16.5. The number of nitrogens with zero attached hydrogens (tertiary/aromatic N) is 3. The normalized spacial score (nSPS) is 22.0. The predicted octanol–water partition coefficient (Wildman–Crippen LogP) is 5.75. The summed E-state index contributed by atoms with van der Waals surface area (Å²) in [5.41, 5.74) is 5.20. The average molecular weight is 459 g/mol. The molecule has 1 aromatic carbocycles. The molecule has 1 unspecified atom stereocenters. The van der Waals surface area contributed by atoms with E-state index in [2.05, 4.69) is 35.3 Å². The van der Waals surface area contributed by atoms with Crippen molar-refractivity contribution >= 4 is 12.0 Å². The third kappa shape index (κ3) is 4.17. The zero-order valence-corrected chi connectivity index (χ0v) is 19.8. The third-order valence-electron chi connectivity index (χ3n) is 7.66. The molecule has 1 fully saturated rings. The summed E-state index contributed by atoms with van der Waals surface area (Å²) in [6.07, 6.45) is 12.0. The average Bonchev–Trinajstić information content (AvgIpc) is 3.38. The Morgan fingerprint density at radius 2 is 2.09 bits per heavy atom. The molecule has 3 aromatic rings. The summed E-state index contributed by atoms with van der Waals surface area (Å²) in [5.74, 6) is 0.150. The van der Waals surface area contributed by atoms with E-state index in [0.717, 1.165) is 49.9 Å². The lowest BCUT2D eigenvalue weighted by Crippen LogP contribution is -2.39. The maximum atomic E-state index is 13.4. The number of fused-ring (bicyclic) bond motifs is 2. The van der Waals surface area contributed by atoms with E-state index in [9.17, 15) is 9.18 Å². The van der Waals surface area contributed by atoms with Gasteiger partial charge in [-0.2, -0.15) is 5.10 Å². The largest absolute Gasteiger partial charge is 0.348 e. The van der Waals surface area contributed by atoms with E-state index in [0.29, 0.717) is 11.6 Å². The minimum absolute atomic E-state index is 0.0609. The fourth-order valence-corrected chi connectivity index (χ4v) is 5.80. The second kappa shape index (κ2) is 9.16. The quantitative estimate of drug-likeness (QED) is 0.490. The molecule has 1 saturated carbocycles. The van der Waals surface area contributed by atoms with E-state index in [1.54, 1.807) is 24.4 Å². The van der Waals surface area contributed by atoms with E-state index in [-0.39, 0.29) is 23.2 Å². The van der Waals surface area contributed by atoms with Crippen molar-refractivity contribution in [2.45, 2.75) is 58.4 Å². The summed E-state index contributed by atoms with van der Waals surface area (Å²) < 4.78 is 15.3. The van der Waals surface area contributed by atoms with Gasteiger partial charge in [0, 0.05) is 12.2 Å². The number of amides is 1. The molecule has 3 atom stereocenters. The number of hydrogen-bond acceptors (Lipinski definition) is 3. The van der Waals surface area contributed by atoms with Crippen molar-refractivity contribution in [3.8, 4) is 5.69 Å². The Balaban J connectivity index is 1.35. The second-order valence-corrected chi connectivity index (χ2v) is 9.85. The molecule has 0 saturated heterocycles. The predicted molar refractivity (Wildman–Crippen MR) is 131 cm³/mol. The number of benzene rings is 1. The fraction of sp³-hybridized carbons (Fsp3) is 0.393. The van der Waals surface area contributed by atoms with Crippen LogP contribution in [-0.4, -0.2) is 26.7 Å². The van der Waals surface area contributed by atoms with Crippen LogP contribution in [0.15, 0.2) is 60.4 Å². The van der Waals surface area contributed by atoms with Crippen molar-refractivity contribution < 1.29 is 9.18 Å². The first kappa shape index (κ1) is 22.5. The van der Waals surface area contributed by atoms with Gasteiger partial charge in [0.1, 0.15) is 11.5 Å². The highest BCUT2D eigenvalue weighted by Gasteiger charge is 2.46. The van der Waals surface area contributed by atoms with Crippen LogP contribution in [0, 0.1) is 17.2 Å². The van der Waals surface area contributed by atoms with Gasteiger partial charge in [0.15, 0.2) is 0 Å². The van der Waals surface area contributed by atoms with E-state index >= 15 is 0 Å². The summed E-state index contributed by atoms with van der Waals surface area (Å²) >= 11 is 0. The Morgan fingerprint density at radius 3 is 2.82 bits per heavy atom. The molecule has 0 bridgehead atoms. The van der Waals surface area contributed by atoms with Crippen molar-refractivity contribution in [3.63, 3.8) is 0 Å². The van der Waals surface area contributed by atoms with Crippen molar-refractivity contribution in [2.75, 3.05) is 0 Å².